The van der Waals surface area contributed by atoms with E-state index in [4.69, 9.17) is 39.5 Å². The number of morpholine rings is 1. The maximum absolute atomic E-state index is 12.6. The summed E-state index contributed by atoms with van der Waals surface area (Å²) >= 11 is 18.2. The zero-order chi connectivity index (χ0) is 19.6. The Balaban J connectivity index is 1.82. The molecule has 144 valence electrons. The van der Waals surface area contributed by atoms with Crippen LogP contribution < -0.4 is 10.9 Å². The summed E-state index contributed by atoms with van der Waals surface area (Å²) in [7, 11) is 0. The maximum atomic E-state index is 12.6. The summed E-state index contributed by atoms with van der Waals surface area (Å²) in [5.41, 5.74) is 0.0750. The zero-order valence-electron chi connectivity index (χ0n) is 14.4. The average molecular weight is 432 g/mol. The fourth-order valence-electron chi connectivity index (χ4n) is 2.71. The second kappa shape index (κ2) is 8.48. The van der Waals surface area contributed by atoms with Gasteiger partial charge in [0, 0.05) is 18.1 Å². The van der Waals surface area contributed by atoms with Crippen LogP contribution in [0.5, 0.6) is 0 Å². The van der Waals surface area contributed by atoms with Gasteiger partial charge in [-0.05, 0) is 25.1 Å². The Morgan fingerprint density at radius 2 is 1.96 bits per heavy atom. The number of carbonyl (C=O) groups excluding carboxylic acids is 1. The molecular weight excluding hydrogens is 415 g/mol. The molecule has 3 rings (SSSR count). The summed E-state index contributed by atoms with van der Waals surface area (Å²) in [5.74, 6) is -0.0979. The van der Waals surface area contributed by atoms with Gasteiger partial charge in [-0.15, -0.1) is 0 Å². The molecule has 1 unspecified atom stereocenters. The van der Waals surface area contributed by atoms with E-state index in [2.05, 4.69) is 10.4 Å². The van der Waals surface area contributed by atoms with E-state index in [9.17, 15) is 9.59 Å². The number of ether oxygens (including phenoxy) is 1. The first-order valence-electron chi connectivity index (χ1n) is 8.25. The molecule has 0 aliphatic carbocycles. The van der Waals surface area contributed by atoms with Crippen molar-refractivity contribution in [3.8, 4) is 5.69 Å². The molecule has 27 heavy (non-hydrogen) atoms. The van der Waals surface area contributed by atoms with Crippen LogP contribution >= 0.6 is 34.8 Å². The van der Waals surface area contributed by atoms with Gasteiger partial charge < -0.3 is 15.0 Å². The molecule has 1 aliphatic heterocycles. The first-order valence-corrected chi connectivity index (χ1v) is 9.38. The molecule has 0 bridgehead atoms. The van der Waals surface area contributed by atoms with Gasteiger partial charge in [-0.2, -0.15) is 9.78 Å². The highest BCUT2D eigenvalue weighted by atomic mass is 35.5. The van der Waals surface area contributed by atoms with Crippen LogP contribution in [0.2, 0.25) is 15.1 Å². The highest BCUT2D eigenvalue weighted by Gasteiger charge is 2.23. The van der Waals surface area contributed by atoms with Crippen molar-refractivity contribution in [2.75, 3.05) is 31.6 Å². The van der Waals surface area contributed by atoms with E-state index >= 15 is 0 Å². The second-order valence-corrected chi connectivity index (χ2v) is 7.21. The third-order valence-corrected chi connectivity index (χ3v) is 5.03. The summed E-state index contributed by atoms with van der Waals surface area (Å²) in [5, 5.41) is 7.69. The highest BCUT2D eigenvalue weighted by molar-refractivity contribution is 6.36. The largest absolute Gasteiger partial charge is 0.378 e. The maximum Gasteiger partial charge on any atom is 0.292 e. The van der Waals surface area contributed by atoms with Crippen LogP contribution in [-0.2, 0) is 9.53 Å². The van der Waals surface area contributed by atoms with E-state index < -0.39 is 11.6 Å². The molecule has 1 atom stereocenters. The molecule has 10 heteroatoms. The number of carbonyl (C=O) groups is 1. The Labute approximate surface area is 170 Å². The molecule has 1 amide bonds. The number of rotatable bonds is 4. The van der Waals surface area contributed by atoms with Gasteiger partial charge >= 0.3 is 0 Å². The van der Waals surface area contributed by atoms with Gasteiger partial charge in [0.2, 0.25) is 5.91 Å². The van der Waals surface area contributed by atoms with Crippen LogP contribution in [0, 0.1) is 0 Å². The highest BCUT2D eigenvalue weighted by Crippen LogP contribution is 2.24. The van der Waals surface area contributed by atoms with Crippen LogP contribution in [0.1, 0.15) is 6.92 Å². The van der Waals surface area contributed by atoms with Crippen molar-refractivity contribution in [3.05, 3.63) is 49.8 Å². The van der Waals surface area contributed by atoms with Crippen molar-refractivity contribution < 1.29 is 9.53 Å². The third kappa shape index (κ3) is 4.38. The Kier molecular flexibility index (Phi) is 6.26. The Morgan fingerprint density at radius 3 is 2.63 bits per heavy atom. The van der Waals surface area contributed by atoms with Crippen LogP contribution in [0.4, 0.5) is 5.69 Å². The predicted octanol–water partition coefficient (Wildman–Crippen LogP) is 2.85. The molecular formula is C17H17Cl3N4O3. The number of anilines is 1. The smallest absolute Gasteiger partial charge is 0.292 e. The average Bonchev–Trinajstić information content (AvgIpc) is 2.66. The molecule has 1 fully saturated rings. The lowest BCUT2D eigenvalue weighted by Crippen LogP contribution is -2.47. The van der Waals surface area contributed by atoms with Gasteiger partial charge in [0.1, 0.15) is 11.1 Å². The lowest BCUT2D eigenvalue weighted by atomic mass is 10.2. The molecule has 1 aromatic carbocycles. The number of benzene rings is 1. The Hall–Kier alpha value is -1.80. The van der Waals surface area contributed by atoms with Gasteiger partial charge in [-0.1, -0.05) is 34.8 Å². The van der Waals surface area contributed by atoms with Crippen LogP contribution in [-0.4, -0.2) is 52.9 Å². The molecule has 0 radical (unpaired) electrons. The molecule has 2 aromatic rings. The molecule has 1 saturated heterocycles. The van der Waals surface area contributed by atoms with Gasteiger partial charge in [-0.25, -0.2) is 0 Å². The summed E-state index contributed by atoms with van der Waals surface area (Å²) in [4.78, 5) is 26.8. The summed E-state index contributed by atoms with van der Waals surface area (Å²) < 4.78 is 6.33. The van der Waals surface area contributed by atoms with Gasteiger partial charge in [-0.3, -0.25) is 9.59 Å². The fourth-order valence-corrected chi connectivity index (χ4v) is 3.38. The van der Waals surface area contributed by atoms with E-state index in [0.717, 1.165) is 4.68 Å². The minimum absolute atomic E-state index is 0.0855. The fraction of sp³-hybridized carbons (Fsp3) is 0.353. The molecule has 0 saturated carbocycles. The number of aromatic nitrogens is 2. The van der Waals surface area contributed by atoms with Crippen molar-refractivity contribution in [1.29, 1.82) is 0 Å². The van der Waals surface area contributed by atoms with Crippen LogP contribution in [0.3, 0.4) is 0 Å². The van der Waals surface area contributed by atoms with Crippen molar-refractivity contribution in [2.24, 2.45) is 0 Å². The minimum atomic E-state index is -0.572. The monoisotopic (exact) mass is 430 g/mol. The summed E-state index contributed by atoms with van der Waals surface area (Å²) in [6, 6.07) is 4.11. The topological polar surface area (TPSA) is 76.5 Å². The number of amides is 1. The number of hydrogen-bond donors (Lipinski definition) is 1. The van der Waals surface area contributed by atoms with Gasteiger partial charge in [0.05, 0.1) is 35.8 Å². The number of nitrogens with one attached hydrogen (secondary N) is 1. The van der Waals surface area contributed by atoms with Crippen molar-refractivity contribution in [2.45, 2.75) is 13.0 Å². The quantitative estimate of drug-likeness (QED) is 0.805. The van der Waals surface area contributed by atoms with Crippen molar-refractivity contribution in [3.63, 3.8) is 0 Å². The Bertz CT molecular complexity index is 913. The van der Waals surface area contributed by atoms with Gasteiger partial charge in [0.15, 0.2) is 0 Å². The van der Waals surface area contributed by atoms with E-state index in [1.54, 1.807) is 24.0 Å². The molecule has 2 heterocycles. The zero-order valence-corrected chi connectivity index (χ0v) is 16.7. The Morgan fingerprint density at radius 1 is 1.26 bits per heavy atom. The molecule has 0 spiro atoms. The third-order valence-electron chi connectivity index (χ3n) is 4.12. The lowest BCUT2D eigenvalue weighted by molar-refractivity contribution is -0.135. The standard InChI is InChI=1S/C17H17Cl3N4O3/c1-10(16(25)23-4-6-27-7-5-23)22-13-9-21-24(17(26)15(13)20)14-3-2-11(18)8-12(14)19/h2-3,8-10,22H,4-7H2,1H3. The van der Waals surface area contributed by atoms with E-state index in [1.807, 2.05) is 0 Å². The van der Waals surface area contributed by atoms with E-state index in [0.29, 0.717) is 37.0 Å². The molecule has 1 N–H and O–H groups in total. The number of nitrogens with zero attached hydrogens (tertiary/aromatic N) is 3. The van der Waals surface area contributed by atoms with Gasteiger partial charge in [0.25, 0.3) is 5.56 Å². The van der Waals surface area contributed by atoms with Crippen LogP contribution in [0.25, 0.3) is 5.69 Å². The summed E-state index contributed by atoms with van der Waals surface area (Å²) in [6.45, 7) is 3.80. The van der Waals surface area contributed by atoms with Crippen molar-refractivity contribution >= 4 is 46.4 Å². The van der Waals surface area contributed by atoms with E-state index in [-0.39, 0.29) is 21.6 Å². The normalized spacial score (nSPS) is 15.5. The first-order chi connectivity index (χ1) is 12.9. The lowest BCUT2D eigenvalue weighted by Gasteiger charge is -2.29. The second-order valence-electron chi connectivity index (χ2n) is 5.99. The minimum Gasteiger partial charge on any atom is -0.378 e. The van der Waals surface area contributed by atoms with Crippen molar-refractivity contribution in [1.82, 2.24) is 14.7 Å². The first kappa shape index (κ1) is 19.9. The number of halogens is 3. The predicted molar refractivity (Wildman–Crippen MR) is 105 cm³/mol. The SMILES string of the molecule is CC(Nc1cnn(-c2ccc(Cl)cc2Cl)c(=O)c1Cl)C(=O)N1CCOCC1. The molecule has 1 aliphatic rings. The number of hydrogen-bond acceptors (Lipinski definition) is 5. The summed E-state index contributed by atoms with van der Waals surface area (Å²) in [6.07, 6.45) is 1.39. The molecule has 1 aromatic heterocycles. The molecule has 7 nitrogen and oxygen atoms in total. The van der Waals surface area contributed by atoms with Crippen LogP contribution in [0.15, 0.2) is 29.2 Å². The van der Waals surface area contributed by atoms with E-state index in [1.165, 1.54) is 12.3 Å².